The minimum Gasteiger partial charge on any atom is -0.490 e. The molecule has 6 nitrogen and oxygen atoms in total. The van der Waals surface area contributed by atoms with E-state index in [2.05, 4.69) is 44.5 Å². The van der Waals surface area contributed by atoms with Crippen molar-refractivity contribution in [3.63, 3.8) is 0 Å². The molecule has 2 atom stereocenters. The Labute approximate surface area is 217 Å². The lowest BCUT2D eigenvalue weighted by molar-refractivity contribution is -0.160. The maximum Gasteiger partial charge on any atom is 0.337 e. The Morgan fingerprint density at radius 3 is 2.17 bits per heavy atom. The summed E-state index contributed by atoms with van der Waals surface area (Å²) in [6, 6.07) is 8.04. The van der Waals surface area contributed by atoms with Crippen LogP contribution in [0.25, 0.3) is 11.1 Å². The van der Waals surface area contributed by atoms with Gasteiger partial charge >= 0.3 is 5.97 Å². The minimum absolute atomic E-state index is 0.113. The summed E-state index contributed by atoms with van der Waals surface area (Å²) in [6.45, 7) is 20.2. The zero-order valence-electron chi connectivity index (χ0n) is 23.5. The van der Waals surface area contributed by atoms with Crippen molar-refractivity contribution in [2.45, 2.75) is 93.0 Å². The van der Waals surface area contributed by atoms with Crippen LogP contribution in [0.2, 0.25) is 0 Å². The van der Waals surface area contributed by atoms with E-state index in [-0.39, 0.29) is 11.5 Å². The van der Waals surface area contributed by atoms with Crippen molar-refractivity contribution in [2.24, 2.45) is 11.3 Å². The first-order chi connectivity index (χ1) is 16.7. The molecule has 1 fully saturated rings. The molecule has 2 heterocycles. The lowest BCUT2D eigenvalue weighted by Crippen LogP contribution is -2.39. The molecule has 6 heteroatoms. The molecule has 3 rings (SSSR count). The fourth-order valence-electron chi connectivity index (χ4n) is 4.46. The summed E-state index contributed by atoms with van der Waals surface area (Å²) in [4.78, 5) is 19.5. The van der Waals surface area contributed by atoms with Gasteiger partial charge in [-0.2, -0.15) is 0 Å². The number of rotatable bonds is 8. The molecule has 0 amide bonds. The summed E-state index contributed by atoms with van der Waals surface area (Å²) in [5.41, 5.74) is 3.77. The SMILES string of the molecule is Cc1ncc(-c2ccc(OC(C)C(C)C)cc2)c(N2CCC(C)(C)CC2)c1C(OC(C)(C)C)C(=O)O. The molecule has 1 N–H and O–H groups in total. The maximum atomic E-state index is 12.5. The normalized spacial score (nSPS) is 17.7. The van der Waals surface area contributed by atoms with E-state index in [1.54, 1.807) is 0 Å². The van der Waals surface area contributed by atoms with E-state index in [1.807, 2.05) is 58.2 Å². The molecular formula is C30H44N2O4. The maximum absolute atomic E-state index is 12.5. The van der Waals surface area contributed by atoms with Gasteiger partial charge in [0.05, 0.1) is 17.4 Å². The van der Waals surface area contributed by atoms with Crippen molar-refractivity contribution in [1.29, 1.82) is 0 Å². The van der Waals surface area contributed by atoms with Crippen LogP contribution in [0.4, 0.5) is 5.69 Å². The van der Waals surface area contributed by atoms with Gasteiger partial charge in [-0.3, -0.25) is 4.98 Å². The number of benzene rings is 1. The Morgan fingerprint density at radius 2 is 1.67 bits per heavy atom. The Bertz CT molecular complexity index is 1040. The smallest absolute Gasteiger partial charge is 0.337 e. The van der Waals surface area contributed by atoms with Gasteiger partial charge in [0.2, 0.25) is 0 Å². The van der Waals surface area contributed by atoms with Crippen molar-refractivity contribution in [3.8, 4) is 16.9 Å². The molecule has 0 saturated carbocycles. The summed E-state index contributed by atoms with van der Waals surface area (Å²) in [7, 11) is 0. The van der Waals surface area contributed by atoms with Crippen LogP contribution in [0, 0.1) is 18.3 Å². The highest BCUT2D eigenvalue weighted by Crippen LogP contribution is 2.43. The van der Waals surface area contributed by atoms with E-state index >= 15 is 0 Å². The van der Waals surface area contributed by atoms with E-state index < -0.39 is 17.7 Å². The number of aryl methyl sites for hydroxylation is 1. The lowest BCUT2D eigenvalue weighted by Gasteiger charge is -2.41. The van der Waals surface area contributed by atoms with Gasteiger partial charge in [0, 0.05) is 36.1 Å². The first-order valence-corrected chi connectivity index (χ1v) is 13.1. The van der Waals surface area contributed by atoms with Crippen LogP contribution in [-0.4, -0.2) is 40.9 Å². The van der Waals surface area contributed by atoms with Gasteiger partial charge in [0.15, 0.2) is 6.10 Å². The topological polar surface area (TPSA) is 71.9 Å². The molecule has 0 aliphatic carbocycles. The van der Waals surface area contributed by atoms with Gasteiger partial charge in [-0.1, -0.05) is 39.8 Å². The van der Waals surface area contributed by atoms with Gasteiger partial charge in [-0.15, -0.1) is 0 Å². The predicted octanol–water partition coefficient (Wildman–Crippen LogP) is 7.05. The summed E-state index contributed by atoms with van der Waals surface area (Å²) < 4.78 is 12.2. The first kappa shape index (κ1) is 28.0. The van der Waals surface area contributed by atoms with Gasteiger partial charge < -0.3 is 19.5 Å². The van der Waals surface area contributed by atoms with Gasteiger partial charge in [-0.25, -0.2) is 4.79 Å². The Morgan fingerprint density at radius 1 is 1.08 bits per heavy atom. The number of nitrogens with zero attached hydrogens (tertiary/aromatic N) is 2. The summed E-state index contributed by atoms with van der Waals surface area (Å²) in [5, 5.41) is 10.3. The highest BCUT2D eigenvalue weighted by atomic mass is 16.5. The van der Waals surface area contributed by atoms with E-state index in [9.17, 15) is 9.90 Å². The van der Waals surface area contributed by atoms with Crippen LogP contribution in [0.1, 0.15) is 85.6 Å². The van der Waals surface area contributed by atoms with E-state index in [1.165, 1.54) is 0 Å². The number of hydrogen-bond acceptors (Lipinski definition) is 5. The van der Waals surface area contributed by atoms with Crippen molar-refractivity contribution in [1.82, 2.24) is 4.98 Å². The number of carboxylic acids is 1. The number of piperidine rings is 1. The zero-order chi connectivity index (χ0) is 26.8. The van der Waals surface area contributed by atoms with Crippen LogP contribution in [0.5, 0.6) is 5.75 Å². The Hall–Kier alpha value is -2.60. The first-order valence-electron chi connectivity index (χ1n) is 13.1. The van der Waals surface area contributed by atoms with E-state index in [0.29, 0.717) is 17.2 Å². The van der Waals surface area contributed by atoms with Crippen molar-refractivity contribution >= 4 is 11.7 Å². The molecule has 0 spiro atoms. The second-order valence-electron chi connectivity index (χ2n) is 12.2. The minimum atomic E-state index is -1.11. The average molecular weight is 497 g/mol. The number of ether oxygens (including phenoxy) is 2. The number of aromatic nitrogens is 1. The third-order valence-electron chi connectivity index (χ3n) is 7.10. The number of carboxylic acid groups (broad SMARTS) is 1. The third kappa shape index (κ3) is 6.78. The third-order valence-corrected chi connectivity index (χ3v) is 7.10. The fourth-order valence-corrected chi connectivity index (χ4v) is 4.46. The van der Waals surface area contributed by atoms with Gasteiger partial charge in [0.1, 0.15) is 5.75 Å². The van der Waals surface area contributed by atoms with Gasteiger partial charge in [-0.05, 0) is 76.5 Å². The average Bonchev–Trinajstić information content (AvgIpc) is 2.77. The van der Waals surface area contributed by atoms with Crippen molar-refractivity contribution < 1.29 is 19.4 Å². The highest BCUT2D eigenvalue weighted by Gasteiger charge is 2.35. The van der Waals surface area contributed by atoms with Gasteiger partial charge in [0.25, 0.3) is 0 Å². The number of aliphatic carboxylic acids is 1. The molecule has 0 radical (unpaired) electrons. The molecule has 1 aliphatic heterocycles. The highest BCUT2D eigenvalue weighted by molar-refractivity contribution is 5.86. The number of hydrogen-bond donors (Lipinski definition) is 1. The van der Waals surface area contributed by atoms with Crippen molar-refractivity contribution in [3.05, 3.63) is 41.7 Å². The zero-order valence-corrected chi connectivity index (χ0v) is 23.5. The largest absolute Gasteiger partial charge is 0.490 e. The number of anilines is 1. The molecule has 0 bridgehead atoms. The fraction of sp³-hybridized carbons (Fsp3) is 0.600. The van der Waals surface area contributed by atoms with Crippen molar-refractivity contribution in [2.75, 3.05) is 18.0 Å². The lowest BCUT2D eigenvalue weighted by atomic mass is 9.82. The molecule has 2 aromatic rings. The predicted molar refractivity (Wildman–Crippen MR) is 146 cm³/mol. The molecule has 1 aromatic carbocycles. The molecular weight excluding hydrogens is 452 g/mol. The monoisotopic (exact) mass is 496 g/mol. The van der Waals surface area contributed by atoms with E-state index in [0.717, 1.165) is 48.5 Å². The Kier molecular flexibility index (Phi) is 8.39. The molecule has 198 valence electrons. The van der Waals surface area contributed by atoms with Crippen LogP contribution in [0.3, 0.4) is 0 Å². The van der Waals surface area contributed by atoms with Crippen LogP contribution >= 0.6 is 0 Å². The number of pyridine rings is 1. The van der Waals surface area contributed by atoms with E-state index in [4.69, 9.17) is 9.47 Å². The molecule has 1 saturated heterocycles. The number of carbonyl (C=O) groups is 1. The van der Waals surface area contributed by atoms with Crippen LogP contribution < -0.4 is 9.64 Å². The quantitative estimate of drug-likeness (QED) is 0.422. The molecule has 1 aromatic heterocycles. The Balaban J connectivity index is 2.13. The second kappa shape index (κ2) is 10.8. The van der Waals surface area contributed by atoms with Crippen LogP contribution in [0.15, 0.2) is 30.5 Å². The molecule has 1 aliphatic rings. The molecule has 2 unspecified atom stereocenters. The molecule has 36 heavy (non-hydrogen) atoms. The summed E-state index contributed by atoms with van der Waals surface area (Å²) in [6.07, 6.45) is 2.94. The second-order valence-corrected chi connectivity index (χ2v) is 12.2. The summed E-state index contributed by atoms with van der Waals surface area (Å²) in [5.74, 6) is 0.234. The summed E-state index contributed by atoms with van der Waals surface area (Å²) >= 11 is 0. The van der Waals surface area contributed by atoms with Crippen LogP contribution in [-0.2, 0) is 9.53 Å². The standard InChI is InChI=1S/C30H44N2O4/c1-19(2)21(4)35-23-12-10-22(11-13-23)24-18-31-20(3)25(27(28(33)34)36-29(5,6)7)26(24)32-16-14-30(8,9)15-17-32/h10-13,18-19,21,27H,14-17H2,1-9H3,(H,33,34).